The summed E-state index contributed by atoms with van der Waals surface area (Å²) in [5.41, 5.74) is 0. The van der Waals surface area contributed by atoms with Gasteiger partial charge in [0.2, 0.25) is 11.8 Å². The summed E-state index contributed by atoms with van der Waals surface area (Å²) in [5, 5.41) is 6.56. The van der Waals surface area contributed by atoms with Gasteiger partial charge in [-0.05, 0) is 39.5 Å². The van der Waals surface area contributed by atoms with Gasteiger partial charge in [-0.15, -0.1) is 0 Å². The maximum absolute atomic E-state index is 12.8. The number of hydrogen-bond acceptors (Lipinski definition) is 6. The first-order chi connectivity index (χ1) is 13.5. The largest absolute Gasteiger partial charge is 0.450 e. The van der Waals surface area contributed by atoms with Crippen LogP contribution in [0, 0.1) is 18.8 Å². The minimum Gasteiger partial charge on any atom is -0.450 e. The fraction of sp³-hybridized carbons (Fsp3) is 0.684. The molecule has 1 saturated heterocycles. The number of carbonyl (C=O) groups is 3. The second-order valence-electron chi connectivity index (χ2n) is 7.37. The summed E-state index contributed by atoms with van der Waals surface area (Å²) in [6, 6.07) is 1.68. The zero-order chi connectivity index (χ0) is 20.1. The molecule has 1 saturated carbocycles. The van der Waals surface area contributed by atoms with E-state index >= 15 is 0 Å². The molecule has 0 bridgehead atoms. The summed E-state index contributed by atoms with van der Waals surface area (Å²) in [7, 11) is 0. The van der Waals surface area contributed by atoms with E-state index < -0.39 is 0 Å². The van der Waals surface area contributed by atoms with E-state index in [1.165, 1.54) is 0 Å². The van der Waals surface area contributed by atoms with Gasteiger partial charge in [-0.25, -0.2) is 4.79 Å². The average Bonchev–Trinajstić information content (AvgIpc) is 3.12. The van der Waals surface area contributed by atoms with Crippen LogP contribution in [-0.2, 0) is 14.3 Å². The first-order valence-corrected chi connectivity index (χ1v) is 9.92. The molecule has 0 spiro atoms. The molecule has 1 aliphatic heterocycles. The number of rotatable bonds is 4. The van der Waals surface area contributed by atoms with Gasteiger partial charge in [0.15, 0.2) is 5.82 Å². The van der Waals surface area contributed by atoms with Crippen LogP contribution in [0.15, 0.2) is 10.6 Å². The van der Waals surface area contributed by atoms with Gasteiger partial charge in [-0.1, -0.05) is 5.16 Å². The van der Waals surface area contributed by atoms with Gasteiger partial charge in [0, 0.05) is 44.1 Å². The maximum atomic E-state index is 12.8. The van der Waals surface area contributed by atoms with Crippen LogP contribution >= 0.6 is 0 Å². The molecular weight excluding hydrogens is 364 g/mol. The molecule has 1 N–H and O–H groups in total. The molecule has 154 valence electrons. The van der Waals surface area contributed by atoms with Crippen LogP contribution in [0.2, 0.25) is 0 Å². The Morgan fingerprint density at radius 2 is 1.71 bits per heavy atom. The number of aryl methyl sites for hydroxylation is 1. The van der Waals surface area contributed by atoms with E-state index in [2.05, 4.69) is 10.5 Å². The lowest BCUT2D eigenvalue weighted by Crippen LogP contribution is -2.52. The van der Waals surface area contributed by atoms with Crippen LogP contribution in [0.25, 0.3) is 0 Å². The fourth-order valence-corrected chi connectivity index (χ4v) is 3.84. The second-order valence-corrected chi connectivity index (χ2v) is 7.37. The average molecular weight is 392 g/mol. The Morgan fingerprint density at radius 1 is 1.11 bits per heavy atom. The van der Waals surface area contributed by atoms with Crippen molar-refractivity contribution in [2.45, 2.75) is 39.5 Å². The third kappa shape index (κ3) is 4.82. The molecular formula is C19H28N4O5. The van der Waals surface area contributed by atoms with Crippen molar-refractivity contribution in [2.24, 2.45) is 11.8 Å². The van der Waals surface area contributed by atoms with Crippen LogP contribution in [-0.4, -0.2) is 65.6 Å². The topological polar surface area (TPSA) is 105 Å². The third-order valence-electron chi connectivity index (χ3n) is 5.44. The van der Waals surface area contributed by atoms with Gasteiger partial charge in [0.1, 0.15) is 5.76 Å². The maximum Gasteiger partial charge on any atom is 0.409 e. The Kier molecular flexibility index (Phi) is 6.53. The monoisotopic (exact) mass is 392 g/mol. The number of amides is 3. The van der Waals surface area contributed by atoms with Gasteiger partial charge in [-0.2, -0.15) is 0 Å². The summed E-state index contributed by atoms with van der Waals surface area (Å²) in [6.07, 6.45) is 2.45. The molecule has 0 atom stereocenters. The van der Waals surface area contributed by atoms with Crippen LogP contribution < -0.4 is 5.32 Å². The molecule has 28 heavy (non-hydrogen) atoms. The zero-order valence-electron chi connectivity index (χ0n) is 16.5. The molecule has 2 aliphatic rings. The van der Waals surface area contributed by atoms with Crippen molar-refractivity contribution in [3.8, 4) is 0 Å². The Balaban J connectivity index is 1.42. The van der Waals surface area contributed by atoms with Crippen LogP contribution in [0.3, 0.4) is 0 Å². The Bertz CT molecular complexity index is 703. The van der Waals surface area contributed by atoms with Crippen molar-refractivity contribution in [3.05, 3.63) is 11.8 Å². The van der Waals surface area contributed by atoms with Crippen LogP contribution in [0.1, 0.15) is 38.4 Å². The van der Waals surface area contributed by atoms with E-state index in [-0.39, 0.29) is 29.7 Å². The zero-order valence-corrected chi connectivity index (χ0v) is 16.5. The molecule has 0 unspecified atom stereocenters. The highest BCUT2D eigenvalue weighted by Gasteiger charge is 2.34. The summed E-state index contributed by atoms with van der Waals surface area (Å²) in [5.74, 6) is 0.985. The minimum atomic E-state index is -0.316. The van der Waals surface area contributed by atoms with E-state index in [1.54, 1.807) is 24.8 Å². The Morgan fingerprint density at radius 3 is 2.29 bits per heavy atom. The Labute approximate surface area is 164 Å². The van der Waals surface area contributed by atoms with Crippen molar-refractivity contribution in [3.63, 3.8) is 0 Å². The Hall–Kier alpha value is -2.58. The van der Waals surface area contributed by atoms with E-state index in [0.29, 0.717) is 70.0 Å². The molecule has 9 nitrogen and oxygen atoms in total. The number of carbonyl (C=O) groups excluding carboxylic acids is 3. The van der Waals surface area contributed by atoms with E-state index in [0.717, 1.165) is 0 Å². The summed E-state index contributed by atoms with van der Waals surface area (Å²) < 4.78 is 9.96. The van der Waals surface area contributed by atoms with Gasteiger partial charge in [0.25, 0.3) is 0 Å². The molecule has 3 rings (SSSR count). The molecule has 2 fully saturated rings. The van der Waals surface area contributed by atoms with E-state index in [9.17, 15) is 14.4 Å². The van der Waals surface area contributed by atoms with Gasteiger partial charge in [0.05, 0.1) is 6.61 Å². The SMILES string of the molecule is CCOC(=O)N1CCN(C(=O)C2CCC(C(=O)Nc3cc(C)on3)CC2)CC1. The quantitative estimate of drug-likeness (QED) is 0.841. The molecule has 0 radical (unpaired) electrons. The van der Waals surface area contributed by atoms with E-state index in [1.807, 2.05) is 4.90 Å². The molecule has 2 heterocycles. The normalized spacial score (nSPS) is 22.6. The van der Waals surface area contributed by atoms with Crippen molar-refractivity contribution >= 4 is 23.7 Å². The lowest BCUT2D eigenvalue weighted by Gasteiger charge is -2.37. The third-order valence-corrected chi connectivity index (χ3v) is 5.44. The molecule has 1 aromatic rings. The minimum absolute atomic E-state index is 0.0486. The van der Waals surface area contributed by atoms with Crippen molar-refractivity contribution in [1.29, 1.82) is 0 Å². The number of anilines is 1. The number of piperazine rings is 1. The molecule has 1 aliphatic carbocycles. The van der Waals surface area contributed by atoms with Crippen LogP contribution in [0.5, 0.6) is 0 Å². The second kappa shape index (κ2) is 9.07. The molecule has 0 aromatic carbocycles. The highest BCUT2D eigenvalue weighted by atomic mass is 16.6. The predicted octanol–water partition coefficient (Wildman–Crippen LogP) is 2.03. The predicted molar refractivity (Wildman–Crippen MR) is 100 cm³/mol. The highest BCUT2D eigenvalue weighted by molar-refractivity contribution is 5.92. The van der Waals surface area contributed by atoms with Gasteiger partial charge >= 0.3 is 6.09 Å². The number of hydrogen-bond donors (Lipinski definition) is 1. The molecule has 1 aromatic heterocycles. The number of aromatic nitrogens is 1. The first kappa shape index (κ1) is 20.2. The number of nitrogens with one attached hydrogen (secondary N) is 1. The molecule has 9 heteroatoms. The lowest BCUT2D eigenvalue weighted by atomic mass is 9.81. The van der Waals surface area contributed by atoms with Gasteiger partial charge in [-0.3, -0.25) is 9.59 Å². The molecule has 3 amide bonds. The highest BCUT2D eigenvalue weighted by Crippen LogP contribution is 2.31. The first-order valence-electron chi connectivity index (χ1n) is 9.92. The summed E-state index contributed by atoms with van der Waals surface area (Å²) in [4.78, 5) is 40.4. The smallest absolute Gasteiger partial charge is 0.409 e. The summed E-state index contributed by atoms with van der Waals surface area (Å²) >= 11 is 0. The van der Waals surface area contributed by atoms with Crippen molar-refractivity contribution in [2.75, 3.05) is 38.1 Å². The van der Waals surface area contributed by atoms with Gasteiger partial charge < -0.3 is 24.4 Å². The van der Waals surface area contributed by atoms with Crippen molar-refractivity contribution in [1.82, 2.24) is 15.0 Å². The van der Waals surface area contributed by atoms with Crippen molar-refractivity contribution < 1.29 is 23.6 Å². The lowest BCUT2D eigenvalue weighted by molar-refractivity contribution is -0.139. The summed E-state index contributed by atoms with van der Waals surface area (Å²) in [6.45, 7) is 5.96. The fourth-order valence-electron chi connectivity index (χ4n) is 3.84. The standard InChI is InChI=1S/C19H28N4O5/c1-3-27-19(26)23-10-8-22(9-11-23)18(25)15-6-4-14(5-7-15)17(24)20-16-12-13(2)28-21-16/h12,14-15H,3-11H2,1-2H3,(H,20,21,24). The number of nitrogens with zero attached hydrogens (tertiary/aromatic N) is 3. The van der Waals surface area contributed by atoms with Crippen LogP contribution in [0.4, 0.5) is 10.6 Å². The number of ether oxygens (including phenoxy) is 1. The van der Waals surface area contributed by atoms with E-state index in [4.69, 9.17) is 9.26 Å².